The summed E-state index contributed by atoms with van der Waals surface area (Å²) in [5.41, 5.74) is 1.01. The van der Waals surface area contributed by atoms with E-state index in [2.05, 4.69) is 28.2 Å². The van der Waals surface area contributed by atoms with Crippen molar-refractivity contribution >= 4 is 22.7 Å². The van der Waals surface area contributed by atoms with E-state index in [4.69, 9.17) is 4.98 Å². The van der Waals surface area contributed by atoms with Gasteiger partial charge in [-0.2, -0.15) is 4.98 Å². The zero-order valence-corrected chi connectivity index (χ0v) is 11.6. The second-order valence-electron chi connectivity index (χ2n) is 5.31. The number of benzene rings is 1. The quantitative estimate of drug-likeness (QED) is 0.897. The zero-order chi connectivity index (χ0) is 13.2. The van der Waals surface area contributed by atoms with Gasteiger partial charge in [0.05, 0.1) is 5.52 Å². The molecule has 0 bridgehead atoms. The lowest BCUT2D eigenvalue weighted by molar-refractivity contribution is 0.435. The molecule has 1 aliphatic rings. The summed E-state index contributed by atoms with van der Waals surface area (Å²) in [6.07, 6.45) is 2.45. The highest BCUT2D eigenvalue weighted by Gasteiger charge is 2.19. The third-order valence-corrected chi connectivity index (χ3v) is 3.89. The highest BCUT2D eigenvalue weighted by molar-refractivity contribution is 5.89. The maximum absolute atomic E-state index is 4.71. The number of para-hydroxylation sites is 1. The predicted octanol–water partition coefficient (Wildman–Crippen LogP) is 2.91. The molecule has 2 aromatic rings. The molecule has 0 spiro atoms. The van der Waals surface area contributed by atoms with Crippen LogP contribution in [0.15, 0.2) is 24.3 Å². The van der Waals surface area contributed by atoms with Gasteiger partial charge in [-0.05, 0) is 30.9 Å². The van der Waals surface area contributed by atoms with Crippen molar-refractivity contribution in [2.24, 2.45) is 5.92 Å². The maximum atomic E-state index is 4.71. The van der Waals surface area contributed by atoms with Crippen molar-refractivity contribution in [1.82, 2.24) is 9.97 Å². The van der Waals surface area contributed by atoms with Crippen molar-refractivity contribution < 1.29 is 0 Å². The summed E-state index contributed by atoms with van der Waals surface area (Å²) in [5, 5.41) is 4.26. The monoisotopic (exact) mass is 256 g/mol. The Balaban J connectivity index is 2.00. The van der Waals surface area contributed by atoms with Crippen molar-refractivity contribution in [3.8, 4) is 0 Å². The number of hydrogen-bond acceptors (Lipinski definition) is 4. The fraction of sp³-hybridized carbons (Fsp3) is 0.467. The van der Waals surface area contributed by atoms with Gasteiger partial charge in [0.2, 0.25) is 5.95 Å². The van der Waals surface area contributed by atoms with Crippen LogP contribution in [0.2, 0.25) is 0 Å². The van der Waals surface area contributed by atoms with Crippen LogP contribution in [-0.4, -0.2) is 30.1 Å². The molecule has 0 unspecified atom stereocenters. The molecule has 1 fully saturated rings. The second-order valence-corrected chi connectivity index (χ2v) is 5.31. The SMILES string of the molecule is CNc1nc(N2CCC(C)CC2)nc2ccccc12. The second kappa shape index (κ2) is 5.03. The fourth-order valence-electron chi connectivity index (χ4n) is 2.60. The number of piperidine rings is 1. The molecule has 1 aliphatic heterocycles. The molecule has 1 saturated heterocycles. The number of rotatable bonds is 2. The molecule has 4 heteroatoms. The summed E-state index contributed by atoms with van der Waals surface area (Å²) in [6.45, 7) is 4.43. The minimum Gasteiger partial charge on any atom is -0.372 e. The molecule has 0 radical (unpaired) electrons. The highest BCUT2D eigenvalue weighted by atomic mass is 15.3. The predicted molar refractivity (Wildman–Crippen MR) is 79.7 cm³/mol. The smallest absolute Gasteiger partial charge is 0.227 e. The van der Waals surface area contributed by atoms with Crippen molar-refractivity contribution in [3.63, 3.8) is 0 Å². The molecule has 1 aromatic carbocycles. The minimum atomic E-state index is 0.820. The molecular weight excluding hydrogens is 236 g/mol. The molecule has 1 N–H and O–H groups in total. The zero-order valence-electron chi connectivity index (χ0n) is 11.6. The number of anilines is 2. The standard InChI is InChI=1S/C15H20N4/c1-11-7-9-19(10-8-11)15-17-13-6-4-3-5-12(13)14(16-2)18-15/h3-6,11H,7-10H2,1-2H3,(H,16,17,18). The van der Waals surface area contributed by atoms with Crippen molar-refractivity contribution in [3.05, 3.63) is 24.3 Å². The Kier molecular flexibility index (Phi) is 3.23. The first-order valence-electron chi connectivity index (χ1n) is 6.97. The highest BCUT2D eigenvalue weighted by Crippen LogP contribution is 2.25. The van der Waals surface area contributed by atoms with Crippen LogP contribution in [0.3, 0.4) is 0 Å². The summed E-state index contributed by atoms with van der Waals surface area (Å²) in [5.74, 6) is 2.59. The summed E-state index contributed by atoms with van der Waals surface area (Å²) >= 11 is 0. The Morgan fingerprint density at radius 2 is 1.89 bits per heavy atom. The Labute approximate surface area is 113 Å². The van der Waals surface area contributed by atoms with E-state index in [-0.39, 0.29) is 0 Å². The van der Waals surface area contributed by atoms with Crippen LogP contribution in [0.5, 0.6) is 0 Å². The molecule has 2 heterocycles. The molecule has 0 atom stereocenters. The van der Waals surface area contributed by atoms with E-state index in [0.717, 1.165) is 41.7 Å². The van der Waals surface area contributed by atoms with Crippen molar-refractivity contribution in [2.75, 3.05) is 30.4 Å². The first-order valence-corrected chi connectivity index (χ1v) is 6.97. The molecule has 0 saturated carbocycles. The number of nitrogens with one attached hydrogen (secondary N) is 1. The van der Waals surface area contributed by atoms with E-state index >= 15 is 0 Å². The maximum Gasteiger partial charge on any atom is 0.227 e. The minimum absolute atomic E-state index is 0.820. The number of nitrogens with zero attached hydrogens (tertiary/aromatic N) is 3. The Bertz CT molecular complexity index is 573. The molecule has 0 amide bonds. The lowest BCUT2D eigenvalue weighted by Gasteiger charge is -2.30. The average molecular weight is 256 g/mol. The van der Waals surface area contributed by atoms with Crippen LogP contribution >= 0.6 is 0 Å². The third kappa shape index (κ3) is 2.35. The third-order valence-electron chi connectivity index (χ3n) is 3.89. The lowest BCUT2D eigenvalue weighted by atomic mass is 10.00. The molecule has 19 heavy (non-hydrogen) atoms. The number of aromatic nitrogens is 2. The Morgan fingerprint density at radius 1 is 1.16 bits per heavy atom. The van der Waals surface area contributed by atoms with Gasteiger partial charge in [-0.3, -0.25) is 0 Å². The summed E-state index contributed by atoms with van der Waals surface area (Å²) in [4.78, 5) is 11.7. The van der Waals surface area contributed by atoms with Gasteiger partial charge in [0.1, 0.15) is 5.82 Å². The summed E-state index contributed by atoms with van der Waals surface area (Å²) in [6, 6.07) is 8.16. The van der Waals surface area contributed by atoms with Crippen molar-refractivity contribution in [1.29, 1.82) is 0 Å². The topological polar surface area (TPSA) is 41.1 Å². The van der Waals surface area contributed by atoms with E-state index in [9.17, 15) is 0 Å². The largest absolute Gasteiger partial charge is 0.372 e. The van der Waals surface area contributed by atoms with Gasteiger partial charge in [0.15, 0.2) is 0 Å². The van der Waals surface area contributed by atoms with Gasteiger partial charge in [-0.15, -0.1) is 0 Å². The lowest BCUT2D eigenvalue weighted by Crippen LogP contribution is -2.34. The van der Waals surface area contributed by atoms with Gasteiger partial charge >= 0.3 is 0 Å². The van der Waals surface area contributed by atoms with Crippen LogP contribution in [0.1, 0.15) is 19.8 Å². The molecule has 100 valence electrons. The first kappa shape index (κ1) is 12.2. The van der Waals surface area contributed by atoms with Gasteiger partial charge < -0.3 is 10.2 Å². The number of hydrogen-bond donors (Lipinski definition) is 1. The number of fused-ring (bicyclic) bond motifs is 1. The van der Waals surface area contributed by atoms with Crippen LogP contribution < -0.4 is 10.2 Å². The van der Waals surface area contributed by atoms with E-state index in [0.29, 0.717) is 0 Å². The van der Waals surface area contributed by atoms with Gasteiger partial charge in [0, 0.05) is 25.5 Å². The van der Waals surface area contributed by atoms with Gasteiger partial charge in [-0.1, -0.05) is 19.1 Å². The van der Waals surface area contributed by atoms with Crippen LogP contribution in [0, 0.1) is 5.92 Å². The fourth-order valence-corrected chi connectivity index (χ4v) is 2.60. The average Bonchev–Trinajstić information content (AvgIpc) is 2.47. The summed E-state index contributed by atoms with van der Waals surface area (Å²) < 4.78 is 0. The van der Waals surface area contributed by atoms with Crippen LogP contribution in [-0.2, 0) is 0 Å². The normalized spacial score (nSPS) is 16.8. The van der Waals surface area contributed by atoms with E-state index < -0.39 is 0 Å². The van der Waals surface area contributed by atoms with E-state index in [1.54, 1.807) is 0 Å². The van der Waals surface area contributed by atoms with Crippen LogP contribution in [0.25, 0.3) is 10.9 Å². The molecular formula is C15H20N4. The molecule has 1 aromatic heterocycles. The van der Waals surface area contributed by atoms with Crippen LogP contribution in [0.4, 0.5) is 11.8 Å². The Morgan fingerprint density at radius 3 is 2.63 bits per heavy atom. The molecule has 4 nitrogen and oxygen atoms in total. The molecule has 3 rings (SSSR count). The van der Waals surface area contributed by atoms with Gasteiger partial charge in [-0.25, -0.2) is 4.98 Å². The molecule has 0 aliphatic carbocycles. The van der Waals surface area contributed by atoms with Gasteiger partial charge in [0.25, 0.3) is 0 Å². The van der Waals surface area contributed by atoms with E-state index in [1.807, 2.05) is 25.2 Å². The summed E-state index contributed by atoms with van der Waals surface area (Å²) in [7, 11) is 1.91. The Hall–Kier alpha value is -1.84. The first-order chi connectivity index (χ1) is 9.28. The van der Waals surface area contributed by atoms with Crippen molar-refractivity contribution in [2.45, 2.75) is 19.8 Å². The van der Waals surface area contributed by atoms with E-state index in [1.165, 1.54) is 12.8 Å².